The van der Waals surface area contributed by atoms with Gasteiger partial charge in [-0.3, -0.25) is 0 Å². The second kappa shape index (κ2) is 12.6. The molecule has 0 radical (unpaired) electrons. The molecular formula is C21H25F4N3O6S2. The maximum absolute atomic E-state index is 13.2. The SMILES string of the molecule is O=C(O)C(F)(F)F.O=S(=O)(CCN(Cc1ccc(F)cc1)S(=O)(=O)c1ccccc1)N1CCNCC1. The fourth-order valence-corrected chi connectivity index (χ4v) is 6.10. The molecule has 0 unspecified atom stereocenters. The lowest BCUT2D eigenvalue weighted by atomic mass is 10.2. The van der Waals surface area contributed by atoms with Crippen LogP contribution in [0.25, 0.3) is 0 Å². The number of nitrogens with zero attached hydrogens (tertiary/aromatic N) is 2. The smallest absolute Gasteiger partial charge is 0.475 e. The van der Waals surface area contributed by atoms with Gasteiger partial charge in [0, 0.05) is 39.3 Å². The van der Waals surface area contributed by atoms with Crippen molar-refractivity contribution in [1.82, 2.24) is 13.9 Å². The van der Waals surface area contributed by atoms with Crippen LogP contribution in [0.5, 0.6) is 0 Å². The van der Waals surface area contributed by atoms with Crippen molar-refractivity contribution in [1.29, 1.82) is 0 Å². The van der Waals surface area contributed by atoms with Gasteiger partial charge in [0.05, 0.1) is 10.6 Å². The highest BCUT2D eigenvalue weighted by atomic mass is 32.2. The number of hydrogen-bond acceptors (Lipinski definition) is 6. The zero-order valence-corrected chi connectivity index (χ0v) is 20.5. The number of halogens is 4. The van der Waals surface area contributed by atoms with Gasteiger partial charge in [0.15, 0.2) is 0 Å². The Morgan fingerprint density at radius 3 is 2.00 bits per heavy atom. The number of piperazine rings is 1. The fraction of sp³-hybridized carbons (Fsp3) is 0.381. The first-order valence-electron chi connectivity index (χ1n) is 10.5. The molecule has 1 heterocycles. The first kappa shape index (κ1) is 29.6. The van der Waals surface area contributed by atoms with Crippen molar-refractivity contribution in [3.63, 3.8) is 0 Å². The molecule has 0 aromatic heterocycles. The lowest BCUT2D eigenvalue weighted by molar-refractivity contribution is -0.192. The minimum atomic E-state index is -5.08. The van der Waals surface area contributed by atoms with E-state index >= 15 is 0 Å². The van der Waals surface area contributed by atoms with Gasteiger partial charge in [-0.25, -0.2) is 26.0 Å². The zero-order valence-electron chi connectivity index (χ0n) is 18.9. The summed E-state index contributed by atoms with van der Waals surface area (Å²) >= 11 is 0. The van der Waals surface area contributed by atoms with Gasteiger partial charge in [-0.2, -0.15) is 21.8 Å². The molecule has 1 aliphatic rings. The predicted molar refractivity (Wildman–Crippen MR) is 122 cm³/mol. The highest BCUT2D eigenvalue weighted by Gasteiger charge is 2.38. The van der Waals surface area contributed by atoms with Crippen LogP contribution < -0.4 is 5.32 Å². The molecule has 200 valence electrons. The first-order valence-corrected chi connectivity index (χ1v) is 13.6. The van der Waals surface area contributed by atoms with Crippen molar-refractivity contribution < 1.29 is 44.3 Å². The van der Waals surface area contributed by atoms with Crippen molar-refractivity contribution in [3.05, 3.63) is 66.0 Å². The fourth-order valence-electron chi connectivity index (χ4n) is 3.09. The summed E-state index contributed by atoms with van der Waals surface area (Å²) < 4.78 is 99.1. The molecule has 0 atom stereocenters. The zero-order chi connectivity index (χ0) is 27.0. The summed E-state index contributed by atoms with van der Waals surface area (Å²) in [5, 5.41) is 10.2. The van der Waals surface area contributed by atoms with Gasteiger partial charge in [-0.05, 0) is 29.8 Å². The third-order valence-corrected chi connectivity index (χ3v) is 8.67. The topological polar surface area (TPSA) is 124 Å². The predicted octanol–water partition coefficient (Wildman–Crippen LogP) is 1.88. The van der Waals surface area contributed by atoms with E-state index in [-0.39, 0.29) is 23.7 Å². The highest BCUT2D eigenvalue weighted by molar-refractivity contribution is 7.90. The maximum Gasteiger partial charge on any atom is 0.490 e. The molecule has 15 heteroatoms. The van der Waals surface area contributed by atoms with Gasteiger partial charge < -0.3 is 10.4 Å². The van der Waals surface area contributed by atoms with Gasteiger partial charge in [-0.1, -0.05) is 30.3 Å². The summed E-state index contributed by atoms with van der Waals surface area (Å²) in [7, 11) is -7.51. The van der Waals surface area contributed by atoms with Gasteiger partial charge in [-0.15, -0.1) is 0 Å². The van der Waals surface area contributed by atoms with Crippen molar-refractivity contribution >= 4 is 26.0 Å². The van der Waals surface area contributed by atoms with Crippen LogP contribution in [0.2, 0.25) is 0 Å². The quantitative estimate of drug-likeness (QED) is 0.477. The summed E-state index contributed by atoms with van der Waals surface area (Å²) in [5.41, 5.74) is 0.575. The molecule has 36 heavy (non-hydrogen) atoms. The largest absolute Gasteiger partial charge is 0.490 e. The molecule has 0 spiro atoms. The second-order valence-electron chi connectivity index (χ2n) is 7.55. The van der Waals surface area contributed by atoms with Gasteiger partial charge in [0.2, 0.25) is 20.0 Å². The summed E-state index contributed by atoms with van der Waals surface area (Å²) in [6.45, 7) is 1.63. The van der Waals surface area contributed by atoms with Crippen LogP contribution in [0.3, 0.4) is 0 Å². The van der Waals surface area contributed by atoms with E-state index in [9.17, 15) is 34.4 Å². The van der Waals surface area contributed by atoms with Gasteiger partial charge in [0.1, 0.15) is 5.82 Å². The van der Waals surface area contributed by atoms with E-state index in [1.165, 1.54) is 40.7 Å². The van der Waals surface area contributed by atoms with Crippen LogP contribution in [-0.4, -0.2) is 81.2 Å². The van der Waals surface area contributed by atoms with Gasteiger partial charge in [0.25, 0.3) is 0 Å². The molecule has 3 rings (SSSR count). The van der Waals surface area contributed by atoms with E-state index in [2.05, 4.69) is 5.32 Å². The van der Waals surface area contributed by atoms with Crippen molar-refractivity contribution in [2.45, 2.75) is 17.6 Å². The minimum absolute atomic E-state index is 0.0470. The van der Waals surface area contributed by atoms with E-state index in [0.717, 1.165) is 4.31 Å². The Balaban J connectivity index is 0.000000572. The Labute approximate surface area is 206 Å². The van der Waals surface area contributed by atoms with Crippen LogP contribution in [0.15, 0.2) is 59.5 Å². The van der Waals surface area contributed by atoms with Crippen molar-refractivity contribution in [2.75, 3.05) is 38.5 Å². The van der Waals surface area contributed by atoms with E-state index < -0.39 is 38.0 Å². The Morgan fingerprint density at radius 2 is 1.50 bits per heavy atom. The molecule has 1 aliphatic heterocycles. The van der Waals surface area contributed by atoms with E-state index in [4.69, 9.17) is 9.90 Å². The number of alkyl halides is 3. The highest BCUT2D eigenvalue weighted by Crippen LogP contribution is 2.19. The summed E-state index contributed by atoms with van der Waals surface area (Å²) in [5.74, 6) is -3.50. The summed E-state index contributed by atoms with van der Waals surface area (Å²) in [4.78, 5) is 8.98. The van der Waals surface area contributed by atoms with E-state index in [1.54, 1.807) is 18.2 Å². The van der Waals surface area contributed by atoms with Crippen LogP contribution in [0.4, 0.5) is 17.6 Å². The number of benzene rings is 2. The maximum atomic E-state index is 13.2. The standard InChI is InChI=1S/C19H24FN3O4S2.C2HF3O2/c20-18-8-6-17(7-9-18)16-23(29(26,27)19-4-2-1-3-5-19)14-15-28(24,25)22-12-10-21-11-13-22;3-2(4,5)1(6)7/h1-9,21H,10-16H2;(H,6,7). The van der Waals surface area contributed by atoms with Crippen LogP contribution in [0.1, 0.15) is 5.56 Å². The molecule has 2 aromatic carbocycles. The molecule has 0 saturated carbocycles. The number of sulfonamides is 2. The average molecular weight is 556 g/mol. The average Bonchev–Trinajstić information content (AvgIpc) is 2.83. The number of carboxylic acid groups (broad SMARTS) is 1. The van der Waals surface area contributed by atoms with Crippen molar-refractivity contribution in [2.24, 2.45) is 0 Å². The van der Waals surface area contributed by atoms with E-state index in [1.807, 2.05) is 0 Å². The number of carbonyl (C=O) groups is 1. The number of aliphatic carboxylic acids is 1. The molecule has 0 bridgehead atoms. The molecule has 9 nitrogen and oxygen atoms in total. The Morgan fingerprint density at radius 1 is 0.972 bits per heavy atom. The molecule has 2 N–H and O–H groups in total. The van der Waals surface area contributed by atoms with Crippen LogP contribution in [-0.2, 0) is 31.4 Å². The summed E-state index contributed by atoms with van der Waals surface area (Å²) in [6.07, 6.45) is -5.08. The third-order valence-electron chi connectivity index (χ3n) is 4.96. The number of nitrogens with one attached hydrogen (secondary N) is 1. The molecule has 1 fully saturated rings. The summed E-state index contributed by atoms with van der Waals surface area (Å²) in [6, 6.07) is 13.4. The first-order chi connectivity index (χ1) is 16.7. The van der Waals surface area contributed by atoms with Gasteiger partial charge >= 0.3 is 12.1 Å². The number of carboxylic acids is 1. The lowest BCUT2D eigenvalue weighted by Crippen LogP contribution is -2.48. The molecule has 0 aliphatic carbocycles. The Bertz CT molecular complexity index is 1200. The third kappa shape index (κ3) is 8.81. The molecule has 1 saturated heterocycles. The Kier molecular flexibility index (Phi) is 10.4. The van der Waals surface area contributed by atoms with Crippen LogP contribution >= 0.6 is 0 Å². The van der Waals surface area contributed by atoms with Crippen molar-refractivity contribution in [3.8, 4) is 0 Å². The molecule has 0 amide bonds. The van der Waals surface area contributed by atoms with E-state index in [0.29, 0.717) is 31.7 Å². The number of rotatable bonds is 8. The van der Waals surface area contributed by atoms with Crippen LogP contribution in [0, 0.1) is 5.82 Å². The molecule has 2 aromatic rings. The minimum Gasteiger partial charge on any atom is -0.475 e. The normalized spacial score (nSPS) is 15.2. The Hall–Kier alpha value is -2.59. The number of hydrogen-bond donors (Lipinski definition) is 2. The second-order valence-corrected chi connectivity index (χ2v) is 11.6. The lowest BCUT2D eigenvalue weighted by Gasteiger charge is -2.28. The monoisotopic (exact) mass is 555 g/mol. The molecular weight excluding hydrogens is 530 g/mol.